The number of nitrogens with one attached hydrogen (secondary N) is 1. The number of hydrogen-bond donors (Lipinski definition) is 1. The maximum atomic E-state index is 5.61. The van der Waals surface area contributed by atoms with Gasteiger partial charge in [-0.1, -0.05) is 25.1 Å². The average Bonchev–Trinajstić information content (AvgIpc) is 2.86. The fourth-order valence-electron chi connectivity index (χ4n) is 1.58. The summed E-state index contributed by atoms with van der Waals surface area (Å²) in [7, 11) is 0. The summed E-state index contributed by atoms with van der Waals surface area (Å²) in [5.41, 5.74) is 0.971. The van der Waals surface area contributed by atoms with Gasteiger partial charge in [-0.25, -0.2) is 4.68 Å². The normalized spacial score (nSPS) is 12.3. The second-order valence-corrected chi connectivity index (χ2v) is 4.04. The van der Waals surface area contributed by atoms with Crippen LogP contribution in [0.1, 0.15) is 13.8 Å². The largest absolute Gasteiger partial charge is 0.458 e. The summed E-state index contributed by atoms with van der Waals surface area (Å²) in [6.45, 7) is 5.77. The fourth-order valence-corrected chi connectivity index (χ4v) is 1.58. The lowest BCUT2D eigenvalue weighted by Gasteiger charge is -2.11. The minimum Gasteiger partial charge on any atom is -0.458 e. The van der Waals surface area contributed by atoms with Crippen molar-refractivity contribution in [3.8, 4) is 11.7 Å². The molecule has 2 rings (SSSR count). The first-order chi connectivity index (χ1) is 8.79. The number of ether oxygens (including phenoxy) is 1. The first-order valence-electron chi connectivity index (χ1n) is 6.14. The molecule has 0 aliphatic rings. The second-order valence-electron chi connectivity index (χ2n) is 4.04. The van der Waals surface area contributed by atoms with Crippen LogP contribution in [-0.4, -0.2) is 34.0 Å². The molecular formula is C13H18N4O. The number of nitrogens with zero attached hydrogens (tertiary/aromatic N) is 3. The number of benzene rings is 1. The Kier molecular flexibility index (Phi) is 4.30. The van der Waals surface area contributed by atoms with Gasteiger partial charge in [0.15, 0.2) is 0 Å². The van der Waals surface area contributed by atoms with E-state index in [0.717, 1.165) is 18.8 Å². The predicted octanol–water partition coefficient (Wildman–Crippen LogP) is 1.64. The molecule has 1 aromatic carbocycles. The maximum absolute atomic E-state index is 5.61. The van der Waals surface area contributed by atoms with Crippen molar-refractivity contribution < 1.29 is 4.74 Å². The van der Waals surface area contributed by atoms with E-state index in [4.69, 9.17) is 4.74 Å². The molecule has 18 heavy (non-hydrogen) atoms. The van der Waals surface area contributed by atoms with Gasteiger partial charge in [0.25, 0.3) is 0 Å². The molecule has 0 saturated carbocycles. The maximum Gasteiger partial charge on any atom is 0.336 e. The molecule has 0 aliphatic carbocycles. The van der Waals surface area contributed by atoms with Gasteiger partial charge in [-0.3, -0.25) is 0 Å². The Hall–Kier alpha value is -1.88. The van der Waals surface area contributed by atoms with Gasteiger partial charge in [0.2, 0.25) is 0 Å². The molecule has 0 spiro atoms. The predicted molar refractivity (Wildman–Crippen MR) is 70.0 cm³/mol. The molecule has 1 N–H and O–H groups in total. The highest BCUT2D eigenvalue weighted by atomic mass is 16.5. The molecule has 96 valence electrons. The topological polar surface area (TPSA) is 52.0 Å². The Balaban J connectivity index is 1.98. The van der Waals surface area contributed by atoms with E-state index in [1.54, 1.807) is 11.0 Å². The van der Waals surface area contributed by atoms with Crippen LogP contribution in [0.5, 0.6) is 6.01 Å². The number of para-hydroxylation sites is 1. The third-order valence-electron chi connectivity index (χ3n) is 2.48. The molecule has 0 radical (unpaired) electrons. The summed E-state index contributed by atoms with van der Waals surface area (Å²) in [5, 5.41) is 7.50. The van der Waals surface area contributed by atoms with Crippen molar-refractivity contribution in [2.24, 2.45) is 0 Å². The molecule has 5 nitrogen and oxygen atoms in total. The van der Waals surface area contributed by atoms with Gasteiger partial charge in [0.1, 0.15) is 12.4 Å². The highest BCUT2D eigenvalue weighted by Crippen LogP contribution is 2.09. The number of aromatic nitrogens is 3. The van der Waals surface area contributed by atoms with E-state index in [9.17, 15) is 0 Å². The molecule has 0 amide bonds. The van der Waals surface area contributed by atoms with Gasteiger partial charge >= 0.3 is 6.01 Å². The molecule has 1 aromatic heterocycles. The Labute approximate surface area is 107 Å². The fraction of sp³-hybridized carbons (Fsp3) is 0.385. The van der Waals surface area contributed by atoms with Crippen molar-refractivity contribution in [2.75, 3.05) is 13.1 Å². The smallest absolute Gasteiger partial charge is 0.336 e. The van der Waals surface area contributed by atoms with Gasteiger partial charge < -0.3 is 10.1 Å². The summed E-state index contributed by atoms with van der Waals surface area (Å²) >= 11 is 0. The van der Waals surface area contributed by atoms with Crippen LogP contribution < -0.4 is 10.1 Å². The van der Waals surface area contributed by atoms with Gasteiger partial charge in [-0.05, 0) is 25.6 Å². The summed E-state index contributed by atoms with van der Waals surface area (Å²) in [5.74, 6) is 0. The zero-order valence-corrected chi connectivity index (χ0v) is 10.7. The second kappa shape index (κ2) is 6.16. The standard InChI is InChI=1S/C13H18N4O/c1-3-14-9-11(2)18-13-15-10-17(16-13)12-7-5-4-6-8-12/h4-8,10-11,14H,3,9H2,1-2H3. The van der Waals surface area contributed by atoms with Crippen LogP contribution in [0.25, 0.3) is 5.69 Å². The number of likely N-dealkylation sites (N-methyl/N-ethyl adjacent to an activating group) is 1. The SMILES string of the molecule is CCNCC(C)Oc1ncn(-c2ccccc2)n1. The van der Waals surface area contributed by atoms with E-state index in [2.05, 4.69) is 22.3 Å². The quantitative estimate of drug-likeness (QED) is 0.842. The van der Waals surface area contributed by atoms with E-state index >= 15 is 0 Å². The third kappa shape index (κ3) is 3.30. The average molecular weight is 246 g/mol. The molecule has 1 unspecified atom stereocenters. The third-order valence-corrected chi connectivity index (χ3v) is 2.48. The molecule has 1 atom stereocenters. The monoisotopic (exact) mass is 246 g/mol. The molecule has 1 heterocycles. The van der Waals surface area contributed by atoms with E-state index in [1.807, 2.05) is 37.3 Å². The molecule has 0 saturated heterocycles. The first kappa shape index (κ1) is 12.6. The first-order valence-corrected chi connectivity index (χ1v) is 6.14. The summed E-state index contributed by atoms with van der Waals surface area (Å²) < 4.78 is 7.32. The molecule has 5 heteroatoms. The van der Waals surface area contributed by atoms with Gasteiger partial charge in [0, 0.05) is 6.54 Å². The number of hydrogen-bond acceptors (Lipinski definition) is 4. The van der Waals surface area contributed by atoms with Crippen molar-refractivity contribution >= 4 is 0 Å². The van der Waals surface area contributed by atoms with Crippen LogP contribution in [0.15, 0.2) is 36.7 Å². The van der Waals surface area contributed by atoms with E-state index in [-0.39, 0.29) is 6.10 Å². The van der Waals surface area contributed by atoms with Crippen molar-refractivity contribution in [1.29, 1.82) is 0 Å². The minimum atomic E-state index is 0.0524. The van der Waals surface area contributed by atoms with Gasteiger partial charge in [-0.2, -0.15) is 4.98 Å². The van der Waals surface area contributed by atoms with E-state index < -0.39 is 0 Å². The van der Waals surface area contributed by atoms with E-state index in [0.29, 0.717) is 6.01 Å². The lowest BCUT2D eigenvalue weighted by Crippen LogP contribution is -2.29. The van der Waals surface area contributed by atoms with Crippen molar-refractivity contribution in [2.45, 2.75) is 20.0 Å². The van der Waals surface area contributed by atoms with Crippen molar-refractivity contribution in [3.05, 3.63) is 36.7 Å². The van der Waals surface area contributed by atoms with Crippen LogP contribution in [0.4, 0.5) is 0 Å². The van der Waals surface area contributed by atoms with E-state index in [1.165, 1.54) is 0 Å². The molecular weight excluding hydrogens is 228 g/mol. The Bertz CT molecular complexity index is 469. The lowest BCUT2D eigenvalue weighted by molar-refractivity contribution is 0.200. The van der Waals surface area contributed by atoms with Gasteiger partial charge in [0.05, 0.1) is 5.69 Å². The van der Waals surface area contributed by atoms with Gasteiger partial charge in [-0.15, -0.1) is 5.10 Å². The minimum absolute atomic E-state index is 0.0524. The molecule has 2 aromatic rings. The molecule has 0 bridgehead atoms. The number of rotatable bonds is 6. The van der Waals surface area contributed by atoms with Crippen LogP contribution in [0.3, 0.4) is 0 Å². The highest BCUT2D eigenvalue weighted by Gasteiger charge is 2.08. The van der Waals surface area contributed by atoms with Crippen molar-refractivity contribution in [3.63, 3.8) is 0 Å². The summed E-state index contributed by atoms with van der Waals surface area (Å²) in [6.07, 6.45) is 1.71. The zero-order valence-electron chi connectivity index (χ0n) is 10.7. The van der Waals surface area contributed by atoms with Crippen LogP contribution in [-0.2, 0) is 0 Å². The zero-order chi connectivity index (χ0) is 12.8. The highest BCUT2D eigenvalue weighted by molar-refractivity contribution is 5.29. The Morgan fingerprint density at radius 3 is 2.83 bits per heavy atom. The summed E-state index contributed by atoms with van der Waals surface area (Å²) in [6, 6.07) is 10.2. The van der Waals surface area contributed by atoms with Crippen LogP contribution in [0.2, 0.25) is 0 Å². The summed E-state index contributed by atoms with van der Waals surface area (Å²) in [4.78, 5) is 4.14. The molecule has 0 aliphatic heterocycles. The Morgan fingerprint density at radius 2 is 2.11 bits per heavy atom. The lowest BCUT2D eigenvalue weighted by atomic mass is 10.3. The van der Waals surface area contributed by atoms with Crippen molar-refractivity contribution in [1.82, 2.24) is 20.1 Å². The Morgan fingerprint density at radius 1 is 1.33 bits per heavy atom. The molecule has 0 fully saturated rings. The van der Waals surface area contributed by atoms with Crippen LogP contribution in [0, 0.1) is 0 Å². The van der Waals surface area contributed by atoms with Crippen LogP contribution >= 0.6 is 0 Å².